The summed E-state index contributed by atoms with van der Waals surface area (Å²) in [5, 5.41) is 0. The molecule has 7 heteroatoms. The summed E-state index contributed by atoms with van der Waals surface area (Å²) in [6.45, 7) is 6.04. The van der Waals surface area contributed by atoms with Gasteiger partial charge in [-0.25, -0.2) is 0 Å². The van der Waals surface area contributed by atoms with Gasteiger partial charge in [0.25, 0.3) is 10.2 Å². The minimum Gasteiger partial charge on any atom is -0.342 e. The molecule has 0 unspecified atom stereocenters. The van der Waals surface area contributed by atoms with Gasteiger partial charge >= 0.3 is 0 Å². The zero-order valence-corrected chi connectivity index (χ0v) is 19.6. The van der Waals surface area contributed by atoms with Crippen LogP contribution in [0, 0.1) is 17.8 Å². The van der Waals surface area contributed by atoms with Gasteiger partial charge < -0.3 is 4.90 Å². The zero-order valence-electron chi connectivity index (χ0n) is 18.8. The van der Waals surface area contributed by atoms with Crippen molar-refractivity contribution in [1.29, 1.82) is 0 Å². The van der Waals surface area contributed by atoms with E-state index in [9.17, 15) is 13.2 Å². The highest BCUT2D eigenvalue weighted by atomic mass is 32.2. The summed E-state index contributed by atoms with van der Waals surface area (Å²) >= 11 is 0. The average molecular weight is 448 g/mol. The SMILES string of the molecule is CC1CCN(S(=O)(=O)N2CCC(C(=O)N3CCC(Cc4ccccc4)CC3)CC2)CC1. The Kier molecular flexibility index (Phi) is 7.34. The van der Waals surface area contributed by atoms with E-state index >= 15 is 0 Å². The van der Waals surface area contributed by atoms with Crippen molar-refractivity contribution in [3.05, 3.63) is 35.9 Å². The molecule has 1 aromatic carbocycles. The standard InChI is InChI=1S/C24H37N3O3S/c1-20-7-15-26(16-8-20)31(29,30)27-17-11-23(12-18-27)24(28)25-13-9-22(10-14-25)19-21-5-3-2-4-6-21/h2-6,20,22-23H,7-19H2,1H3. The maximum Gasteiger partial charge on any atom is 0.281 e. The van der Waals surface area contributed by atoms with Crippen molar-refractivity contribution < 1.29 is 13.2 Å². The lowest BCUT2D eigenvalue weighted by Crippen LogP contribution is -2.51. The predicted octanol–water partition coefficient (Wildman–Crippen LogP) is 3.16. The molecule has 0 saturated carbocycles. The fourth-order valence-electron chi connectivity index (χ4n) is 5.28. The Balaban J connectivity index is 1.23. The molecule has 3 aliphatic rings. The van der Waals surface area contributed by atoms with Gasteiger partial charge in [0, 0.05) is 45.2 Å². The molecule has 3 heterocycles. The number of benzene rings is 1. The predicted molar refractivity (Wildman–Crippen MR) is 123 cm³/mol. The molecule has 0 aliphatic carbocycles. The highest BCUT2D eigenvalue weighted by molar-refractivity contribution is 7.86. The van der Waals surface area contributed by atoms with Gasteiger partial charge in [-0.3, -0.25) is 4.79 Å². The highest BCUT2D eigenvalue weighted by Gasteiger charge is 2.37. The minimum absolute atomic E-state index is 0.0292. The second-order valence-corrected chi connectivity index (χ2v) is 11.6. The van der Waals surface area contributed by atoms with Crippen molar-refractivity contribution in [1.82, 2.24) is 13.5 Å². The number of carbonyl (C=O) groups is 1. The maximum absolute atomic E-state index is 13.1. The molecule has 4 rings (SSSR count). The molecule has 0 radical (unpaired) electrons. The van der Waals surface area contributed by atoms with Crippen LogP contribution in [0.15, 0.2) is 30.3 Å². The molecule has 0 bridgehead atoms. The lowest BCUT2D eigenvalue weighted by atomic mass is 9.89. The fraction of sp³-hybridized carbons (Fsp3) is 0.708. The van der Waals surface area contributed by atoms with Gasteiger partial charge in [-0.1, -0.05) is 37.3 Å². The van der Waals surface area contributed by atoms with Gasteiger partial charge in [0.1, 0.15) is 0 Å². The van der Waals surface area contributed by atoms with Gasteiger partial charge in [0.15, 0.2) is 0 Å². The zero-order chi connectivity index (χ0) is 21.8. The Labute approximate surface area is 187 Å². The lowest BCUT2D eigenvalue weighted by molar-refractivity contribution is -0.138. The lowest BCUT2D eigenvalue weighted by Gasteiger charge is -2.39. The number of hydrogen-bond donors (Lipinski definition) is 0. The molecular weight excluding hydrogens is 410 g/mol. The van der Waals surface area contributed by atoms with Crippen molar-refractivity contribution in [3.8, 4) is 0 Å². The normalized spacial score (nSPS) is 23.8. The number of hydrogen-bond acceptors (Lipinski definition) is 3. The third-order valence-corrected chi connectivity index (χ3v) is 9.53. The fourth-order valence-corrected chi connectivity index (χ4v) is 6.95. The summed E-state index contributed by atoms with van der Waals surface area (Å²) < 4.78 is 29.2. The number of carbonyl (C=O) groups excluding carboxylic acids is 1. The first-order valence-corrected chi connectivity index (χ1v) is 13.4. The van der Waals surface area contributed by atoms with Crippen LogP contribution in [0.2, 0.25) is 0 Å². The number of amides is 1. The maximum atomic E-state index is 13.1. The smallest absolute Gasteiger partial charge is 0.281 e. The van der Waals surface area contributed by atoms with Gasteiger partial charge in [-0.15, -0.1) is 0 Å². The van der Waals surface area contributed by atoms with E-state index in [1.165, 1.54) is 5.56 Å². The Bertz CT molecular complexity index is 821. The molecule has 3 fully saturated rings. The van der Waals surface area contributed by atoms with E-state index in [1.54, 1.807) is 8.61 Å². The van der Waals surface area contributed by atoms with Crippen molar-refractivity contribution in [3.63, 3.8) is 0 Å². The number of rotatable bonds is 5. The number of likely N-dealkylation sites (tertiary alicyclic amines) is 1. The van der Waals surface area contributed by atoms with Crippen LogP contribution < -0.4 is 0 Å². The van der Waals surface area contributed by atoms with E-state index in [0.29, 0.717) is 50.9 Å². The van der Waals surface area contributed by atoms with Crippen LogP contribution in [0.3, 0.4) is 0 Å². The van der Waals surface area contributed by atoms with Gasteiger partial charge in [0.05, 0.1) is 0 Å². The van der Waals surface area contributed by atoms with Crippen molar-refractivity contribution >= 4 is 16.1 Å². The summed E-state index contributed by atoms with van der Waals surface area (Å²) in [6, 6.07) is 10.6. The Hall–Kier alpha value is -1.44. The second kappa shape index (κ2) is 10.0. The molecule has 172 valence electrons. The molecule has 0 aromatic heterocycles. The Morgan fingerprint density at radius 2 is 1.39 bits per heavy atom. The van der Waals surface area contributed by atoms with Gasteiger partial charge in [0.2, 0.25) is 5.91 Å². The van der Waals surface area contributed by atoms with E-state index in [0.717, 1.165) is 45.2 Å². The first-order chi connectivity index (χ1) is 14.9. The Morgan fingerprint density at radius 3 is 1.97 bits per heavy atom. The van der Waals surface area contributed by atoms with E-state index in [2.05, 4.69) is 31.2 Å². The molecule has 0 atom stereocenters. The molecule has 0 N–H and O–H groups in total. The van der Waals surface area contributed by atoms with Crippen LogP contribution in [0.25, 0.3) is 0 Å². The van der Waals surface area contributed by atoms with Crippen LogP contribution in [-0.4, -0.2) is 67.1 Å². The summed E-state index contributed by atoms with van der Waals surface area (Å²) in [6.07, 6.45) is 6.37. The largest absolute Gasteiger partial charge is 0.342 e. The van der Waals surface area contributed by atoms with E-state index in [4.69, 9.17) is 0 Å². The first kappa shape index (κ1) is 22.7. The van der Waals surface area contributed by atoms with E-state index in [-0.39, 0.29) is 11.8 Å². The van der Waals surface area contributed by atoms with E-state index in [1.807, 2.05) is 11.0 Å². The number of nitrogens with zero attached hydrogens (tertiary/aromatic N) is 3. The van der Waals surface area contributed by atoms with Gasteiger partial charge in [-0.2, -0.15) is 17.0 Å². The topological polar surface area (TPSA) is 60.9 Å². The number of piperidine rings is 3. The summed E-state index contributed by atoms with van der Waals surface area (Å²) in [5.74, 6) is 1.46. The molecule has 3 aliphatic heterocycles. The van der Waals surface area contributed by atoms with Crippen LogP contribution in [0.4, 0.5) is 0 Å². The molecule has 0 spiro atoms. The molecule has 31 heavy (non-hydrogen) atoms. The monoisotopic (exact) mass is 447 g/mol. The molecule has 1 aromatic rings. The van der Waals surface area contributed by atoms with Crippen LogP contribution in [0.5, 0.6) is 0 Å². The van der Waals surface area contributed by atoms with Gasteiger partial charge in [-0.05, 0) is 62.3 Å². The third-order valence-electron chi connectivity index (χ3n) is 7.49. The molecule has 3 saturated heterocycles. The van der Waals surface area contributed by atoms with Crippen LogP contribution >= 0.6 is 0 Å². The highest BCUT2D eigenvalue weighted by Crippen LogP contribution is 2.28. The minimum atomic E-state index is -3.38. The summed E-state index contributed by atoms with van der Waals surface area (Å²) in [4.78, 5) is 15.1. The summed E-state index contributed by atoms with van der Waals surface area (Å²) in [5.41, 5.74) is 1.38. The first-order valence-electron chi connectivity index (χ1n) is 12.0. The average Bonchev–Trinajstić information content (AvgIpc) is 2.80. The molecule has 6 nitrogen and oxygen atoms in total. The van der Waals surface area contributed by atoms with Crippen LogP contribution in [-0.2, 0) is 21.4 Å². The van der Waals surface area contributed by atoms with Crippen molar-refractivity contribution in [2.45, 2.75) is 51.9 Å². The molecule has 1 amide bonds. The van der Waals surface area contributed by atoms with Crippen molar-refractivity contribution in [2.24, 2.45) is 17.8 Å². The quantitative estimate of drug-likeness (QED) is 0.697. The van der Waals surface area contributed by atoms with Crippen LogP contribution in [0.1, 0.15) is 51.0 Å². The Morgan fingerprint density at radius 1 is 0.839 bits per heavy atom. The summed E-state index contributed by atoms with van der Waals surface area (Å²) in [7, 11) is -3.38. The molecular formula is C24H37N3O3S. The third kappa shape index (κ3) is 5.49. The second-order valence-electron chi connectivity index (χ2n) is 9.72. The van der Waals surface area contributed by atoms with E-state index < -0.39 is 10.2 Å². The van der Waals surface area contributed by atoms with Crippen molar-refractivity contribution in [2.75, 3.05) is 39.3 Å².